The molecule has 0 unspecified atom stereocenters. The molecular weight excluding hydrogens is 907 g/mol. The van der Waals surface area contributed by atoms with Crippen LogP contribution in [0.1, 0.15) is 32.1 Å². The number of para-hydroxylation sites is 1. The summed E-state index contributed by atoms with van der Waals surface area (Å²) < 4.78 is 41.4. The zero-order valence-corrected chi connectivity index (χ0v) is 33.4. The van der Waals surface area contributed by atoms with Crippen molar-refractivity contribution in [2.45, 2.75) is 18.7 Å². The van der Waals surface area contributed by atoms with Gasteiger partial charge in [0.25, 0.3) is 10.0 Å². The predicted octanol–water partition coefficient (Wildman–Crippen LogP) is 9.43. The Morgan fingerprint density at radius 1 is 0.887 bits per heavy atom. The van der Waals surface area contributed by atoms with Crippen LogP contribution >= 0.6 is 68.7 Å². The molecule has 0 saturated carbocycles. The molecule has 3 heterocycles. The highest BCUT2D eigenvalue weighted by atomic mass is 127. The van der Waals surface area contributed by atoms with E-state index in [4.69, 9.17) is 45.0 Å². The van der Waals surface area contributed by atoms with Gasteiger partial charge in [0.15, 0.2) is 5.65 Å². The van der Waals surface area contributed by atoms with E-state index in [9.17, 15) is 32.3 Å². The number of carbonyl (C=O) groups is 3. The van der Waals surface area contributed by atoms with E-state index < -0.39 is 40.3 Å². The number of aromatic carboxylic acids is 2. The molecule has 0 radical (unpaired) electrons. The summed E-state index contributed by atoms with van der Waals surface area (Å²) in [6, 6.07) is 18.3. The first-order chi connectivity index (χ1) is 24.9. The first-order valence-electron chi connectivity index (χ1n) is 14.8. The Kier molecular flexibility index (Phi) is 13.9. The fourth-order valence-corrected chi connectivity index (χ4v) is 8.28. The third-order valence-electron chi connectivity index (χ3n) is 7.10. The van der Waals surface area contributed by atoms with E-state index >= 15 is 0 Å². The summed E-state index contributed by atoms with van der Waals surface area (Å²) in [7, 11) is -4.19. The smallest absolute Gasteiger partial charge is 0.340 e. The van der Waals surface area contributed by atoms with Crippen molar-refractivity contribution in [2.75, 3.05) is 10.8 Å². The number of hydrogen-bond acceptors (Lipinski definition) is 7. The third kappa shape index (κ3) is 10.0. The molecule has 53 heavy (non-hydrogen) atoms. The number of anilines is 1. The number of halogens is 5. The lowest BCUT2D eigenvalue weighted by Gasteiger charge is -2.23. The van der Waals surface area contributed by atoms with Crippen LogP contribution in [0.5, 0.6) is 0 Å². The topological polar surface area (TPSA) is 167 Å². The van der Waals surface area contributed by atoms with E-state index in [2.05, 4.69) is 4.98 Å². The number of fused-ring (bicyclic) bond motifs is 1. The van der Waals surface area contributed by atoms with Gasteiger partial charge in [-0.05, 0) is 109 Å². The average molecular weight is 933 g/mol. The molecule has 0 aliphatic heterocycles. The van der Waals surface area contributed by atoms with Gasteiger partial charge in [0.05, 0.1) is 36.1 Å². The molecule has 0 saturated heterocycles. The fraction of sp³-hybridized carbons (Fsp3) is 0.0857. The molecule has 0 spiro atoms. The van der Waals surface area contributed by atoms with Gasteiger partial charge in [-0.2, -0.15) is 0 Å². The molecule has 0 fully saturated rings. The van der Waals surface area contributed by atoms with Crippen molar-refractivity contribution in [1.29, 1.82) is 0 Å². The first kappa shape index (κ1) is 41.5. The molecule has 6 rings (SSSR count). The lowest BCUT2D eigenvalue weighted by molar-refractivity contribution is -0.135. The van der Waals surface area contributed by atoms with Crippen LogP contribution in [0.2, 0.25) is 15.1 Å². The van der Waals surface area contributed by atoms with Crippen molar-refractivity contribution in [2.24, 2.45) is 0 Å². The minimum atomic E-state index is -4.19. The fourth-order valence-electron chi connectivity index (χ4n) is 4.75. The number of aromatic nitrogens is 2. The van der Waals surface area contributed by atoms with E-state index in [0.29, 0.717) is 25.6 Å². The summed E-state index contributed by atoms with van der Waals surface area (Å²) in [6.45, 7) is 2.97. The summed E-state index contributed by atoms with van der Waals surface area (Å²) >= 11 is 21.2. The van der Waals surface area contributed by atoms with Crippen molar-refractivity contribution >= 4 is 108 Å². The second kappa shape index (κ2) is 17.7. The van der Waals surface area contributed by atoms with E-state index in [0.717, 1.165) is 44.1 Å². The van der Waals surface area contributed by atoms with Crippen LogP contribution in [0, 0.1) is 23.2 Å². The summed E-state index contributed by atoms with van der Waals surface area (Å²) in [5, 5.41) is 30.1. The molecule has 3 aromatic heterocycles. The number of sulfonamides is 1. The molecule has 3 aromatic carbocycles. The highest BCUT2D eigenvalue weighted by Gasteiger charge is 2.28. The van der Waals surface area contributed by atoms with E-state index in [-0.39, 0.29) is 26.7 Å². The van der Waals surface area contributed by atoms with Gasteiger partial charge in [0, 0.05) is 26.7 Å². The number of nitrogens with zero attached hydrogens (tertiary/aromatic N) is 3. The maximum atomic E-state index is 12.9. The highest BCUT2D eigenvalue weighted by molar-refractivity contribution is 14.1. The Labute approximate surface area is 335 Å². The molecule has 6 aromatic rings. The zero-order valence-electron chi connectivity index (χ0n) is 27.3. The van der Waals surface area contributed by atoms with Crippen LogP contribution in [-0.4, -0.2) is 57.6 Å². The quantitative estimate of drug-likeness (QED) is 0.126. The van der Waals surface area contributed by atoms with Crippen LogP contribution in [0.25, 0.3) is 16.1 Å². The van der Waals surface area contributed by atoms with Crippen molar-refractivity contribution in [3.63, 3.8) is 0 Å². The van der Waals surface area contributed by atoms with Crippen LogP contribution in [0.15, 0.2) is 95.3 Å². The first-order valence-corrected chi connectivity index (χ1v) is 19.3. The third-order valence-corrected chi connectivity index (χ3v) is 12.1. The molecule has 276 valence electrons. The number of rotatable bonds is 8. The summed E-state index contributed by atoms with van der Waals surface area (Å²) in [4.78, 5) is 38.0. The van der Waals surface area contributed by atoms with E-state index in [1.165, 1.54) is 41.7 Å². The molecule has 11 nitrogen and oxygen atoms in total. The molecule has 0 amide bonds. The van der Waals surface area contributed by atoms with Crippen LogP contribution in [0.4, 0.5) is 10.1 Å². The standard InChI is InChI=1S/C14H11ClFNO4S.C14H11ClN2O2S.C7H4ClIO2/c15-12-3-1-2-4-13(12)17(9-14(18)19)22(20,21)11-7-5-10(16)6-8-11;1-7-5-8(2)17-6-9(12-10(15)3-4-20-12)11(14(18)19)13(17)16-7;8-5-2-1-4(7(10)11)3-6(5)9/h1-8H,9H2,(H,18,19);3-6H,1-2H3,(H,18,19);1-3H,(H,10,11). The van der Waals surface area contributed by atoms with Crippen LogP contribution in [-0.2, 0) is 14.8 Å². The van der Waals surface area contributed by atoms with Gasteiger partial charge in [0.2, 0.25) is 0 Å². The number of hydrogen-bond donors (Lipinski definition) is 3. The summed E-state index contributed by atoms with van der Waals surface area (Å²) in [5.41, 5.74) is 3.29. The van der Waals surface area contributed by atoms with E-state index in [1.54, 1.807) is 28.8 Å². The predicted molar refractivity (Wildman–Crippen MR) is 211 cm³/mol. The van der Waals surface area contributed by atoms with Gasteiger partial charge in [-0.3, -0.25) is 9.10 Å². The number of aryl methyl sites for hydroxylation is 2. The van der Waals surface area contributed by atoms with Gasteiger partial charge in [0.1, 0.15) is 17.9 Å². The van der Waals surface area contributed by atoms with Gasteiger partial charge >= 0.3 is 17.9 Å². The van der Waals surface area contributed by atoms with Crippen LogP contribution < -0.4 is 4.31 Å². The van der Waals surface area contributed by atoms with Crippen molar-refractivity contribution in [3.05, 3.63) is 137 Å². The number of benzene rings is 3. The number of aliphatic carboxylic acids is 1. The Bertz CT molecular complexity index is 2440. The number of carboxylic acid groups (broad SMARTS) is 3. The van der Waals surface area contributed by atoms with Crippen molar-refractivity contribution in [3.8, 4) is 10.4 Å². The van der Waals surface area contributed by atoms with Crippen molar-refractivity contribution in [1.82, 2.24) is 9.38 Å². The zero-order chi connectivity index (χ0) is 39.2. The lowest BCUT2D eigenvalue weighted by Crippen LogP contribution is -2.36. The van der Waals surface area contributed by atoms with Gasteiger partial charge in [-0.15, -0.1) is 11.3 Å². The normalized spacial score (nSPS) is 10.8. The number of thiophene rings is 1. The molecule has 3 N–H and O–H groups in total. The van der Waals surface area contributed by atoms with Gasteiger partial charge < -0.3 is 19.7 Å². The Hall–Kier alpha value is -4.26. The number of carboxylic acids is 3. The second-order valence-corrected chi connectivity index (χ2v) is 16.0. The molecule has 0 atom stereocenters. The molecule has 0 aliphatic rings. The molecule has 18 heteroatoms. The molecule has 0 aliphatic carbocycles. The average Bonchev–Trinajstić information content (AvgIpc) is 3.69. The lowest BCUT2D eigenvalue weighted by atomic mass is 10.1. The molecular formula is C35H26Cl3FIN3O8S2. The van der Waals surface area contributed by atoms with Gasteiger partial charge in [-0.25, -0.2) is 27.4 Å². The second-order valence-electron chi connectivity index (χ2n) is 10.8. The minimum absolute atomic E-state index is 0.0379. The van der Waals surface area contributed by atoms with E-state index in [1.807, 2.05) is 47.9 Å². The Morgan fingerprint density at radius 3 is 2.09 bits per heavy atom. The maximum Gasteiger partial charge on any atom is 0.340 e. The SMILES string of the molecule is Cc1cc(C)n2cc(-c3sccc3Cl)c(C(=O)O)c2n1.O=C(O)CN(c1ccccc1Cl)S(=O)(=O)c1ccc(F)cc1.O=C(O)c1ccc(Cl)c(I)c1. The minimum Gasteiger partial charge on any atom is -0.480 e. The monoisotopic (exact) mass is 931 g/mol. The maximum absolute atomic E-state index is 12.9. The summed E-state index contributed by atoms with van der Waals surface area (Å²) in [6.07, 6.45) is 1.79. The summed E-state index contributed by atoms with van der Waals surface area (Å²) in [5.74, 6) is -3.86. The molecule has 0 bridgehead atoms. The van der Waals surface area contributed by atoms with Crippen molar-refractivity contribution < 1.29 is 42.5 Å². The van der Waals surface area contributed by atoms with Gasteiger partial charge in [-0.1, -0.05) is 46.9 Å². The Balaban J connectivity index is 0.000000187. The Morgan fingerprint density at radius 2 is 1.55 bits per heavy atom. The highest BCUT2D eigenvalue weighted by Crippen LogP contribution is 2.38. The van der Waals surface area contributed by atoms with Crippen LogP contribution in [0.3, 0.4) is 0 Å². The largest absolute Gasteiger partial charge is 0.480 e.